The van der Waals surface area contributed by atoms with E-state index in [0.29, 0.717) is 0 Å². The number of nitrogens with zero attached hydrogens (tertiary/aromatic N) is 2. The molecule has 0 aliphatic carbocycles. The fraction of sp³-hybridized carbons (Fsp3) is 0.0303. The second kappa shape index (κ2) is 9.00. The number of hydrogen-bond donors (Lipinski definition) is 0. The van der Waals surface area contributed by atoms with E-state index in [1.54, 1.807) is 0 Å². The second-order valence-corrected chi connectivity index (χ2v) is 8.71. The van der Waals surface area contributed by atoms with Gasteiger partial charge in [0.2, 0.25) is 0 Å². The molecular formula is C33H26N2. The van der Waals surface area contributed by atoms with Crippen molar-refractivity contribution in [1.29, 1.82) is 0 Å². The number of fused-ring (bicyclic) bond motifs is 2. The predicted molar refractivity (Wildman–Crippen MR) is 151 cm³/mol. The zero-order valence-corrected chi connectivity index (χ0v) is 19.7. The van der Waals surface area contributed by atoms with Gasteiger partial charge in [-0.3, -0.25) is 0 Å². The largest absolute Gasteiger partial charge is 0.344 e. The molecule has 0 radical (unpaired) electrons. The van der Waals surface area contributed by atoms with Crippen LogP contribution < -0.4 is 9.80 Å². The molecule has 0 atom stereocenters. The number of para-hydroxylation sites is 2. The van der Waals surface area contributed by atoms with Gasteiger partial charge in [-0.15, -0.1) is 0 Å². The molecule has 0 saturated carbocycles. The summed E-state index contributed by atoms with van der Waals surface area (Å²) in [4.78, 5) is 4.65. The zero-order valence-electron chi connectivity index (χ0n) is 19.7. The molecule has 0 amide bonds. The first-order chi connectivity index (χ1) is 17.3. The number of benzene rings is 6. The first kappa shape index (κ1) is 21.0. The van der Waals surface area contributed by atoms with E-state index in [-0.39, 0.29) is 0 Å². The standard InChI is InChI=1S/C33H26N2/c1-34(31-22-12-14-25-13-8-9-19-28(25)31)32-23-24-33(30-21-11-10-20-29(30)32)35(26-15-4-2-5-16-26)27-17-6-3-7-18-27/h2-24H,1H3. The Morgan fingerprint density at radius 1 is 0.371 bits per heavy atom. The molecule has 0 unspecified atom stereocenters. The highest BCUT2D eigenvalue weighted by Gasteiger charge is 2.18. The average Bonchev–Trinajstić information content (AvgIpc) is 2.94. The van der Waals surface area contributed by atoms with Gasteiger partial charge < -0.3 is 9.80 Å². The molecule has 6 aromatic rings. The van der Waals surface area contributed by atoms with Crippen molar-refractivity contribution in [2.75, 3.05) is 16.8 Å². The van der Waals surface area contributed by atoms with Gasteiger partial charge in [-0.1, -0.05) is 97.1 Å². The van der Waals surface area contributed by atoms with Crippen LogP contribution in [0.3, 0.4) is 0 Å². The minimum absolute atomic E-state index is 1.14. The van der Waals surface area contributed by atoms with Gasteiger partial charge in [0.05, 0.1) is 5.69 Å². The maximum Gasteiger partial charge on any atom is 0.0541 e. The molecule has 0 spiro atoms. The third-order valence-corrected chi connectivity index (χ3v) is 6.64. The van der Waals surface area contributed by atoms with Crippen molar-refractivity contribution in [3.8, 4) is 0 Å². The molecule has 35 heavy (non-hydrogen) atoms. The minimum Gasteiger partial charge on any atom is -0.344 e. The molecule has 168 valence electrons. The smallest absolute Gasteiger partial charge is 0.0541 e. The van der Waals surface area contributed by atoms with Crippen LogP contribution in [0.4, 0.5) is 28.4 Å². The van der Waals surface area contributed by atoms with Gasteiger partial charge >= 0.3 is 0 Å². The Labute approximate surface area is 206 Å². The summed E-state index contributed by atoms with van der Waals surface area (Å²) in [7, 11) is 2.16. The molecule has 0 aliphatic heterocycles. The van der Waals surface area contributed by atoms with Crippen LogP contribution in [0.2, 0.25) is 0 Å². The lowest BCUT2D eigenvalue weighted by Crippen LogP contribution is -2.13. The lowest BCUT2D eigenvalue weighted by atomic mass is 10.0. The van der Waals surface area contributed by atoms with Gasteiger partial charge in [0.1, 0.15) is 0 Å². The molecular weight excluding hydrogens is 424 g/mol. The van der Waals surface area contributed by atoms with E-state index in [1.807, 2.05) is 0 Å². The SMILES string of the molecule is CN(c1cccc2ccccc12)c1ccc(N(c2ccccc2)c2ccccc2)c2ccccc12. The van der Waals surface area contributed by atoms with Crippen molar-refractivity contribution in [3.63, 3.8) is 0 Å². The van der Waals surface area contributed by atoms with Crippen molar-refractivity contribution < 1.29 is 0 Å². The van der Waals surface area contributed by atoms with Crippen molar-refractivity contribution >= 4 is 50.0 Å². The van der Waals surface area contributed by atoms with Gasteiger partial charge in [-0.2, -0.15) is 0 Å². The van der Waals surface area contributed by atoms with Crippen LogP contribution in [-0.4, -0.2) is 7.05 Å². The predicted octanol–water partition coefficient (Wildman–Crippen LogP) is 9.23. The number of hydrogen-bond acceptors (Lipinski definition) is 2. The molecule has 0 bridgehead atoms. The second-order valence-electron chi connectivity index (χ2n) is 8.71. The highest BCUT2D eigenvalue weighted by Crippen LogP contribution is 2.43. The summed E-state index contributed by atoms with van der Waals surface area (Å²) < 4.78 is 0. The molecule has 0 aromatic heterocycles. The van der Waals surface area contributed by atoms with E-state index < -0.39 is 0 Å². The summed E-state index contributed by atoms with van der Waals surface area (Å²) in [6.45, 7) is 0. The molecule has 2 heteroatoms. The van der Waals surface area contributed by atoms with E-state index in [2.05, 4.69) is 156 Å². The maximum absolute atomic E-state index is 2.34. The Bertz CT molecular complexity index is 1560. The molecule has 0 heterocycles. The van der Waals surface area contributed by atoms with Crippen LogP contribution in [0.15, 0.2) is 140 Å². The average molecular weight is 451 g/mol. The molecule has 6 aromatic carbocycles. The number of anilines is 5. The Hall–Kier alpha value is -4.56. The van der Waals surface area contributed by atoms with Gasteiger partial charge in [-0.05, 0) is 47.9 Å². The van der Waals surface area contributed by atoms with E-state index in [0.717, 1.165) is 17.1 Å². The summed E-state index contributed by atoms with van der Waals surface area (Å²) in [6.07, 6.45) is 0. The first-order valence-electron chi connectivity index (χ1n) is 11.9. The molecule has 0 fully saturated rings. The Balaban J connectivity index is 1.55. The van der Waals surface area contributed by atoms with Gasteiger partial charge in [-0.25, -0.2) is 0 Å². The van der Waals surface area contributed by atoms with Crippen LogP contribution in [0.25, 0.3) is 21.5 Å². The molecule has 2 nitrogen and oxygen atoms in total. The third kappa shape index (κ3) is 3.79. The number of rotatable bonds is 5. The summed E-state index contributed by atoms with van der Waals surface area (Å²) in [5.41, 5.74) is 5.82. The molecule has 0 N–H and O–H groups in total. The fourth-order valence-electron chi connectivity index (χ4n) is 4.97. The summed E-state index contributed by atoms with van der Waals surface area (Å²) in [6, 6.07) is 49.4. The van der Waals surface area contributed by atoms with E-state index in [4.69, 9.17) is 0 Å². The van der Waals surface area contributed by atoms with Gasteiger partial charge in [0, 0.05) is 46.0 Å². The van der Waals surface area contributed by atoms with Crippen molar-refractivity contribution in [1.82, 2.24) is 0 Å². The lowest BCUT2D eigenvalue weighted by Gasteiger charge is -2.29. The van der Waals surface area contributed by atoms with Gasteiger partial charge in [0.25, 0.3) is 0 Å². The summed E-state index contributed by atoms with van der Waals surface area (Å²) in [5, 5.41) is 4.93. The third-order valence-electron chi connectivity index (χ3n) is 6.64. The summed E-state index contributed by atoms with van der Waals surface area (Å²) >= 11 is 0. The monoisotopic (exact) mass is 450 g/mol. The molecule has 0 saturated heterocycles. The van der Waals surface area contributed by atoms with Gasteiger partial charge in [0.15, 0.2) is 0 Å². The normalized spacial score (nSPS) is 11.0. The van der Waals surface area contributed by atoms with Crippen molar-refractivity contribution in [2.45, 2.75) is 0 Å². The highest BCUT2D eigenvalue weighted by atomic mass is 15.1. The maximum atomic E-state index is 2.34. The molecule has 6 rings (SSSR count). The molecule has 0 aliphatic rings. The van der Waals surface area contributed by atoms with Crippen LogP contribution in [0, 0.1) is 0 Å². The zero-order chi connectivity index (χ0) is 23.6. The van der Waals surface area contributed by atoms with Crippen molar-refractivity contribution in [3.05, 3.63) is 140 Å². The Morgan fingerprint density at radius 3 is 1.49 bits per heavy atom. The van der Waals surface area contributed by atoms with E-state index >= 15 is 0 Å². The fourth-order valence-corrected chi connectivity index (χ4v) is 4.97. The van der Waals surface area contributed by atoms with Crippen LogP contribution in [0.1, 0.15) is 0 Å². The quantitative estimate of drug-likeness (QED) is 0.258. The first-order valence-corrected chi connectivity index (χ1v) is 11.9. The Morgan fingerprint density at radius 2 is 0.829 bits per heavy atom. The minimum atomic E-state index is 1.14. The van der Waals surface area contributed by atoms with Crippen LogP contribution >= 0.6 is 0 Å². The van der Waals surface area contributed by atoms with E-state index in [9.17, 15) is 0 Å². The topological polar surface area (TPSA) is 6.48 Å². The Kier molecular flexibility index (Phi) is 5.40. The van der Waals surface area contributed by atoms with Crippen LogP contribution in [0.5, 0.6) is 0 Å². The van der Waals surface area contributed by atoms with Crippen LogP contribution in [-0.2, 0) is 0 Å². The highest BCUT2D eigenvalue weighted by molar-refractivity contribution is 6.07. The lowest BCUT2D eigenvalue weighted by molar-refractivity contribution is 1.23. The summed E-state index contributed by atoms with van der Waals surface area (Å²) in [5.74, 6) is 0. The van der Waals surface area contributed by atoms with E-state index in [1.165, 1.54) is 32.9 Å². The van der Waals surface area contributed by atoms with Crippen molar-refractivity contribution in [2.24, 2.45) is 0 Å².